The van der Waals surface area contributed by atoms with Gasteiger partial charge in [0, 0.05) is 30.4 Å². The molecule has 1 aliphatic heterocycles. The largest absolute Gasteiger partial charge is 0.337 e. The molecular formula is C22H23N3OS. The summed E-state index contributed by atoms with van der Waals surface area (Å²) in [7, 11) is 0. The lowest BCUT2D eigenvalue weighted by Crippen LogP contribution is -2.39. The molecule has 1 aromatic carbocycles. The molecule has 1 amide bonds. The molecule has 3 heterocycles. The van der Waals surface area contributed by atoms with Gasteiger partial charge in [0.2, 0.25) is 0 Å². The molecule has 0 radical (unpaired) electrons. The van der Waals surface area contributed by atoms with Crippen LogP contribution in [0.4, 0.5) is 0 Å². The van der Waals surface area contributed by atoms with E-state index in [0.717, 1.165) is 47.9 Å². The van der Waals surface area contributed by atoms with E-state index >= 15 is 0 Å². The van der Waals surface area contributed by atoms with E-state index in [0.29, 0.717) is 0 Å². The van der Waals surface area contributed by atoms with Crippen LogP contribution in [-0.4, -0.2) is 33.9 Å². The van der Waals surface area contributed by atoms with Gasteiger partial charge in [-0.15, -0.1) is 11.3 Å². The minimum Gasteiger partial charge on any atom is -0.337 e. The predicted molar refractivity (Wildman–Crippen MR) is 109 cm³/mol. The summed E-state index contributed by atoms with van der Waals surface area (Å²) in [5, 5.41) is 0. The van der Waals surface area contributed by atoms with Gasteiger partial charge < -0.3 is 4.90 Å². The van der Waals surface area contributed by atoms with Crippen LogP contribution < -0.4 is 0 Å². The maximum atomic E-state index is 12.9. The van der Waals surface area contributed by atoms with Crippen LogP contribution in [-0.2, 0) is 0 Å². The van der Waals surface area contributed by atoms with Gasteiger partial charge in [-0.25, -0.2) is 4.98 Å². The Morgan fingerprint density at radius 2 is 1.96 bits per heavy atom. The SMILES string of the molecule is Cc1cc(-c2ccccc2)cc([C@@H]2CCCN(C(=O)c3scnc3C)C2)n1. The van der Waals surface area contributed by atoms with E-state index in [-0.39, 0.29) is 11.8 Å². The Labute approximate surface area is 163 Å². The fourth-order valence-corrected chi connectivity index (χ4v) is 4.52. The van der Waals surface area contributed by atoms with Gasteiger partial charge in [-0.2, -0.15) is 0 Å². The van der Waals surface area contributed by atoms with Crippen LogP contribution in [0, 0.1) is 13.8 Å². The van der Waals surface area contributed by atoms with Gasteiger partial charge in [0.15, 0.2) is 0 Å². The number of hydrogen-bond acceptors (Lipinski definition) is 4. The lowest BCUT2D eigenvalue weighted by atomic mass is 9.92. The van der Waals surface area contributed by atoms with Crippen molar-refractivity contribution in [3.63, 3.8) is 0 Å². The molecule has 3 aromatic rings. The Hall–Kier alpha value is -2.53. The molecule has 1 fully saturated rings. The first-order chi connectivity index (χ1) is 13.1. The predicted octanol–water partition coefficient (Wildman–Crippen LogP) is 4.84. The highest BCUT2D eigenvalue weighted by molar-refractivity contribution is 7.11. The average Bonchev–Trinajstić information content (AvgIpc) is 3.13. The van der Waals surface area contributed by atoms with E-state index in [1.54, 1.807) is 5.51 Å². The Morgan fingerprint density at radius 1 is 1.15 bits per heavy atom. The van der Waals surface area contributed by atoms with E-state index in [1.807, 2.05) is 24.8 Å². The standard InChI is InChI=1S/C22H23N3OS/c1-15-11-19(17-7-4-3-5-8-17)12-20(24-15)18-9-6-10-25(13-18)22(26)21-16(2)23-14-27-21/h3-5,7-8,11-12,14,18H,6,9-10,13H2,1-2H3/t18-/m1/s1. The zero-order chi connectivity index (χ0) is 18.8. The third-order valence-electron chi connectivity index (χ3n) is 5.15. The average molecular weight is 378 g/mol. The van der Waals surface area contributed by atoms with Crippen LogP contribution >= 0.6 is 11.3 Å². The molecule has 0 saturated carbocycles. The second kappa shape index (κ2) is 7.61. The van der Waals surface area contributed by atoms with E-state index < -0.39 is 0 Å². The summed E-state index contributed by atoms with van der Waals surface area (Å²) >= 11 is 1.43. The summed E-state index contributed by atoms with van der Waals surface area (Å²) < 4.78 is 0. The number of rotatable bonds is 3. The minimum absolute atomic E-state index is 0.107. The first-order valence-corrected chi connectivity index (χ1v) is 10.2. The van der Waals surface area contributed by atoms with Crippen molar-refractivity contribution in [3.05, 3.63) is 69.9 Å². The maximum Gasteiger partial charge on any atom is 0.265 e. The number of thiazole rings is 1. The van der Waals surface area contributed by atoms with Gasteiger partial charge in [0.25, 0.3) is 5.91 Å². The van der Waals surface area contributed by atoms with Gasteiger partial charge in [0.05, 0.1) is 11.2 Å². The molecule has 1 atom stereocenters. The molecule has 1 saturated heterocycles. The molecular weight excluding hydrogens is 354 g/mol. The maximum absolute atomic E-state index is 12.9. The highest BCUT2D eigenvalue weighted by Crippen LogP contribution is 2.30. The van der Waals surface area contributed by atoms with Gasteiger partial charge in [0.1, 0.15) is 4.88 Å². The lowest BCUT2D eigenvalue weighted by molar-refractivity contribution is 0.0710. The van der Waals surface area contributed by atoms with Crippen LogP contribution in [0.5, 0.6) is 0 Å². The third-order valence-corrected chi connectivity index (χ3v) is 6.06. The monoisotopic (exact) mass is 377 g/mol. The van der Waals surface area contributed by atoms with E-state index in [2.05, 4.69) is 41.4 Å². The number of carbonyl (C=O) groups excluding carboxylic acids is 1. The van der Waals surface area contributed by atoms with E-state index in [9.17, 15) is 4.79 Å². The number of hydrogen-bond donors (Lipinski definition) is 0. The Bertz CT molecular complexity index is 951. The fourth-order valence-electron chi connectivity index (χ4n) is 3.75. The van der Waals surface area contributed by atoms with Gasteiger partial charge in [-0.3, -0.25) is 9.78 Å². The lowest BCUT2D eigenvalue weighted by Gasteiger charge is -2.32. The first-order valence-electron chi connectivity index (χ1n) is 9.35. The number of benzene rings is 1. The summed E-state index contributed by atoms with van der Waals surface area (Å²) in [4.78, 5) is 24.7. The first kappa shape index (κ1) is 17.9. The number of likely N-dealkylation sites (tertiary alicyclic amines) is 1. The number of aromatic nitrogens is 2. The molecule has 27 heavy (non-hydrogen) atoms. The van der Waals surface area contributed by atoms with Crippen molar-refractivity contribution in [1.29, 1.82) is 0 Å². The van der Waals surface area contributed by atoms with Gasteiger partial charge in [-0.1, -0.05) is 30.3 Å². The van der Waals surface area contributed by atoms with Crippen molar-refractivity contribution < 1.29 is 4.79 Å². The molecule has 2 aromatic heterocycles. The Kier molecular flexibility index (Phi) is 5.03. The number of carbonyl (C=O) groups is 1. The highest BCUT2D eigenvalue weighted by Gasteiger charge is 2.28. The third kappa shape index (κ3) is 3.78. The van der Waals surface area contributed by atoms with Crippen LogP contribution in [0.25, 0.3) is 11.1 Å². The topological polar surface area (TPSA) is 46.1 Å². The number of aryl methyl sites for hydroxylation is 2. The highest BCUT2D eigenvalue weighted by atomic mass is 32.1. The van der Waals surface area contributed by atoms with Crippen LogP contribution in [0.3, 0.4) is 0 Å². The molecule has 4 nitrogen and oxygen atoms in total. The van der Waals surface area contributed by atoms with E-state index in [4.69, 9.17) is 4.98 Å². The molecule has 5 heteroatoms. The molecule has 0 unspecified atom stereocenters. The van der Waals surface area contributed by atoms with Crippen molar-refractivity contribution in [1.82, 2.24) is 14.9 Å². The van der Waals surface area contributed by atoms with Gasteiger partial charge in [-0.05, 0) is 49.9 Å². The molecule has 0 spiro atoms. The molecule has 1 aliphatic rings. The van der Waals surface area contributed by atoms with Crippen LogP contribution in [0.2, 0.25) is 0 Å². The molecule has 0 bridgehead atoms. The number of nitrogens with zero attached hydrogens (tertiary/aromatic N) is 3. The smallest absolute Gasteiger partial charge is 0.265 e. The summed E-state index contributed by atoms with van der Waals surface area (Å²) in [5.74, 6) is 0.383. The molecule has 138 valence electrons. The van der Waals surface area contributed by atoms with Crippen molar-refractivity contribution in [2.45, 2.75) is 32.6 Å². The summed E-state index contributed by atoms with van der Waals surface area (Å²) in [6.45, 7) is 5.48. The summed E-state index contributed by atoms with van der Waals surface area (Å²) in [5.41, 5.74) is 7.08. The molecule has 0 aliphatic carbocycles. The zero-order valence-electron chi connectivity index (χ0n) is 15.7. The molecule has 0 N–H and O–H groups in total. The normalized spacial score (nSPS) is 17.1. The van der Waals surface area contributed by atoms with Crippen molar-refractivity contribution >= 4 is 17.2 Å². The minimum atomic E-state index is 0.107. The van der Waals surface area contributed by atoms with Crippen LogP contribution in [0.1, 0.15) is 45.5 Å². The number of piperidine rings is 1. The van der Waals surface area contributed by atoms with Crippen molar-refractivity contribution in [2.24, 2.45) is 0 Å². The Morgan fingerprint density at radius 3 is 2.70 bits per heavy atom. The molecule has 4 rings (SSSR count). The summed E-state index contributed by atoms with van der Waals surface area (Å²) in [6, 6.07) is 14.7. The van der Waals surface area contributed by atoms with Crippen LogP contribution in [0.15, 0.2) is 48.0 Å². The Balaban J connectivity index is 1.59. The fraction of sp³-hybridized carbons (Fsp3) is 0.318. The number of amides is 1. The number of pyridine rings is 1. The quantitative estimate of drug-likeness (QED) is 0.656. The second-order valence-corrected chi connectivity index (χ2v) is 8.00. The van der Waals surface area contributed by atoms with Crippen molar-refractivity contribution in [3.8, 4) is 11.1 Å². The zero-order valence-corrected chi connectivity index (χ0v) is 16.5. The van der Waals surface area contributed by atoms with Crippen molar-refractivity contribution in [2.75, 3.05) is 13.1 Å². The van der Waals surface area contributed by atoms with E-state index in [1.165, 1.54) is 22.5 Å². The second-order valence-electron chi connectivity index (χ2n) is 7.15. The summed E-state index contributed by atoms with van der Waals surface area (Å²) in [6.07, 6.45) is 2.07. The van der Waals surface area contributed by atoms with Gasteiger partial charge >= 0.3 is 0 Å².